The first-order valence-corrected chi connectivity index (χ1v) is 8.81. The fourth-order valence-electron chi connectivity index (χ4n) is 3.28. The van der Waals surface area contributed by atoms with E-state index in [0.29, 0.717) is 6.54 Å². The molecule has 1 aliphatic heterocycles. The van der Waals surface area contributed by atoms with Crippen LogP contribution >= 0.6 is 0 Å². The fourth-order valence-corrected chi connectivity index (χ4v) is 3.28. The van der Waals surface area contributed by atoms with Gasteiger partial charge in [-0.3, -0.25) is 0 Å². The van der Waals surface area contributed by atoms with Crippen LogP contribution in [0.25, 0.3) is 11.1 Å². The molecule has 0 spiro atoms. The Hall–Kier alpha value is -3.15. The number of nitrogens with zero attached hydrogens (tertiary/aromatic N) is 3. The van der Waals surface area contributed by atoms with Gasteiger partial charge in [0.15, 0.2) is 0 Å². The minimum atomic E-state index is -0.192. The van der Waals surface area contributed by atoms with E-state index < -0.39 is 0 Å². The summed E-state index contributed by atoms with van der Waals surface area (Å²) in [6.07, 6.45) is 1.70. The monoisotopic (exact) mass is 347 g/mol. The SMILES string of the molecule is Cc1nc2n(n1)C[C@@H](NC(=O)Nc1ccc(-c3ccccc3)cc1)CC2. The smallest absolute Gasteiger partial charge is 0.319 e. The van der Waals surface area contributed by atoms with Crippen molar-refractivity contribution in [3.8, 4) is 11.1 Å². The zero-order valence-corrected chi connectivity index (χ0v) is 14.6. The summed E-state index contributed by atoms with van der Waals surface area (Å²) in [5.74, 6) is 1.78. The van der Waals surface area contributed by atoms with Crippen molar-refractivity contribution in [2.45, 2.75) is 32.4 Å². The molecule has 0 unspecified atom stereocenters. The Labute approximate surface area is 152 Å². The summed E-state index contributed by atoms with van der Waals surface area (Å²) in [6, 6.07) is 17.9. The largest absolute Gasteiger partial charge is 0.333 e. The van der Waals surface area contributed by atoms with E-state index in [2.05, 4.69) is 32.8 Å². The highest BCUT2D eigenvalue weighted by Crippen LogP contribution is 2.21. The molecule has 3 aromatic rings. The molecule has 2 N–H and O–H groups in total. The van der Waals surface area contributed by atoms with Crippen molar-refractivity contribution in [1.82, 2.24) is 20.1 Å². The van der Waals surface area contributed by atoms with E-state index in [9.17, 15) is 4.79 Å². The number of carbonyl (C=O) groups is 1. The number of anilines is 1. The van der Waals surface area contributed by atoms with Gasteiger partial charge in [0.05, 0.1) is 12.6 Å². The zero-order valence-electron chi connectivity index (χ0n) is 14.6. The zero-order chi connectivity index (χ0) is 17.9. The van der Waals surface area contributed by atoms with Crippen LogP contribution < -0.4 is 10.6 Å². The molecule has 0 aliphatic carbocycles. The third-order valence-corrected chi connectivity index (χ3v) is 4.55. The topological polar surface area (TPSA) is 71.8 Å². The van der Waals surface area contributed by atoms with E-state index in [-0.39, 0.29) is 12.1 Å². The lowest BCUT2D eigenvalue weighted by atomic mass is 10.1. The quantitative estimate of drug-likeness (QED) is 0.763. The van der Waals surface area contributed by atoms with Crippen LogP contribution in [-0.2, 0) is 13.0 Å². The Kier molecular flexibility index (Phi) is 4.39. The standard InChI is InChI=1S/C20H21N5O/c1-14-21-19-12-11-18(13-25(19)24-14)23-20(26)22-17-9-7-16(8-10-17)15-5-3-2-4-6-15/h2-10,18H,11-13H2,1H3,(H2,22,23,26)/t18-/m0/s1. The lowest BCUT2D eigenvalue weighted by Gasteiger charge is -2.23. The molecule has 4 rings (SSSR count). The first-order valence-electron chi connectivity index (χ1n) is 8.81. The molecule has 1 aliphatic rings. The number of hydrogen-bond acceptors (Lipinski definition) is 3. The number of fused-ring (bicyclic) bond motifs is 1. The molecule has 6 nitrogen and oxygen atoms in total. The van der Waals surface area contributed by atoms with Crippen molar-refractivity contribution in [3.63, 3.8) is 0 Å². The number of carbonyl (C=O) groups excluding carboxylic acids is 1. The molecular weight excluding hydrogens is 326 g/mol. The van der Waals surface area contributed by atoms with Crippen molar-refractivity contribution in [3.05, 3.63) is 66.2 Å². The third-order valence-electron chi connectivity index (χ3n) is 4.55. The van der Waals surface area contributed by atoms with Gasteiger partial charge >= 0.3 is 6.03 Å². The second kappa shape index (κ2) is 7.00. The Balaban J connectivity index is 1.35. The van der Waals surface area contributed by atoms with E-state index in [1.54, 1.807) is 0 Å². The lowest BCUT2D eigenvalue weighted by molar-refractivity contribution is 0.243. The molecule has 2 amide bonds. The van der Waals surface area contributed by atoms with Crippen molar-refractivity contribution in [2.24, 2.45) is 0 Å². The number of nitrogens with one attached hydrogen (secondary N) is 2. The average Bonchev–Trinajstić information content (AvgIpc) is 3.02. The van der Waals surface area contributed by atoms with Crippen LogP contribution in [0.3, 0.4) is 0 Å². The summed E-state index contributed by atoms with van der Waals surface area (Å²) in [5, 5.41) is 10.3. The van der Waals surface area contributed by atoms with Crippen LogP contribution in [0.2, 0.25) is 0 Å². The van der Waals surface area contributed by atoms with Crippen LogP contribution in [0, 0.1) is 6.92 Å². The first-order chi connectivity index (χ1) is 12.7. The number of aryl methyl sites for hydroxylation is 2. The molecule has 132 valence electrons. The van der Waals surface area contributed by atoms with Crippen molar-refractivity contribution >= 4 is 11.7 Å². The molecule has 1 atom stereocenters. The summed E-state index contributed by atoms with van der Waals surface area (Å²) in [6.45, 7) is 2.55. The van der Waals surface area contributed by atoms with Gasteiger partial charge in [0.25, 0.3) is 0 Å². The van der Waals surface area contributed by atoms with Gasteiger partial charge in [-0.1, -0.05) is 42.5 Å². The number of hydrogen-bond donors (Lipinski definition) is 2. The Morgan fingerprint density at radius 3 is 2.58 bits per heavy atom. The molecule has 0 radical (unpaired) electrons. The molecule has 2 heterocycles. The van der Waals surface area contributed by atoms with Gasteiger partial charge in [0.2, 0.25) is 0 Å². The van der Waals surface area contributed by atoms with Gasteiger partial charge in [-0.05, 0) is 36.6 Å². The predicted octanol–water partition coefficient (Wildman–Crippen LogP) is 3.39. The highest BCUT2D eigenvalue weighted by atomic mass is 16.2. The number of urea groups is 1. The van der Waals surface area contributed by atoms with Crippen molar-refractivity contribution < 1.29 is 4.79 Å². The van der Waals surface area contributed by atoms with Crippen LogP contribution in [0.4, 0.5) is 10.5 Å². The molecule has 0 fully saturated rings. The number of benzene rings is 2. The van der Waals surface area contributed by atoms with Gasteiger partial charge in [-0.15, -0.1) is 0 Å². The number of amides is 2. The summed E-state index contributed by atoms with van der Waals surface area (Å²) >= 11 is 0. The van der Waals surface area contributed by atoms with Crippen molar-refractivity contribution in [2.75, 3.05) is 5.32 Å². The maximum absolute atomic E-state index is 12.3. The van der Waals surface area contributed by atoms with Crippen LogP contribution in [0.5, 0.6) is 0 Å². The van der Waals surface area contributed by atoms with Crippen LogP contribution in [0.1, 0.15) is 18.1 Å². The van der Waals surface area contributed by atoms with E-state index >= 15 is 0 Å². The van der Waals surface area contributed by atoms with E-state index in [1.807, 2.05) is 54.1 Å². The Morgan fingerprint density at radius 2 is 1.81 bits per heavy atom. The normalized spacial score (nSPS) is 16.0. The first kappa shape index (κ1) is 16.3. The van der Waals surface area contributed by atoms with Gasteiger partial charge in [0, 0.05) is 12.1 Å². The minimum absolute atomic E-state index is 0.0622. The second-order valence-corrected chi connectivity index (χ2v) is 6.53. The second-order valence-electron chi connectivity index (χ2n) is 6.53. The maximum atomic E-state index is 12.3. The van der Waals surface area contributed by atoms with Crippen LogP contribution in [-0.4, -0.2) is 26.8 Å². The lowest BCUT2D eigenvalue weighted by Crippen LogP contribution is -2.43. The summed E-state index contributed by atoms with van der Waals surface area (Å²) in [5.41, 5.74) is 3.05. The maximum Gasteiger partial charge on any atom is 0.319 e. The Bertz CT molecular complexity index is 902. The fraction of sp³-hybridized carbons (Fsp3) is 0.250. The van der Waals surface area contributed by atoms with E-state index in [1.165, 1.54) is 0 Å². The Morgan fingerprint density at radius 1 is 1.08 bits per heavy atom. The molecule has 0 saturated carbocycles. The minimum Gasteiger partial charge on any atom is -0.333 e. The third kappa shape index (κ3) is 3.59. The highest BCUT2D eigenvalue weighted by Gasteiger charge is 2.22. The molecule has 0 saturated heterocycles. The number of aromatic nitrogens is 3. The van der Waals surface area contributed by atoms with Crippen molar-refractivity contribution in [1.29, 1.82) is 0 Å². The van der Waals surface area contributed by atoms with Crippen LogP contribution in [0.15, 0.2) is 54.6 Å². The molecule has 0 bridgehead atoms. The summed E-state index contributed by atoms with van der Waals surface area (Å²) in [7, 11) is 0. The van der Waals surface area contributed by atoms with Gasteiger partial charge in [-0.25, -0.2) is 14.5 Å². The summed E-state index contributed by atoms with van der Waals surface area (Å²) in [4.78, 5) is 16.7. The predicted molar refractivity (Wildman–Crippen MR) is 101 cm³/mol. The number of rotatable bonds is 3. The van der Waals surface area contributed by atoms with Gasteiger partial charge < -0.3 is 10.6 Å². The molecule has 6 heteroatoms. The average molecular weight is 347 g/mol. The van der Waals surface area contributed by atoms with E-state index in [4.69, 9.17) is 0 Å². The van der Waals surface area contributed by atoms with E-state index in [0.717, 1.165) is 41.3 Å². The molecule has 1 aromatic heterocycles. The molecule has 2 aromatic carbocycles. The molecular formula is C20H21N5O. The molecule has 26 heavy (non-hydrogen) atoms. The highest BCUT2D eigenvalue weighted by molar-refractivity contribution is 5.89. The van der Waals surface area contributed by atoms with Gasteiger partial charge in [0.1, 0.15) is 11.6 Å². The summed E-state index contributed by atoms with van der Waals surface area (Å²) < 4.78 is 1.89. The van der Waals surface area contributed by atoms with Gasteiger partial charge in [-0.2, -0.15) is 5.10 Å².